The Kier molecular flexibility index (Phi) is 7.23. The highest BCUT2D eigenvalue weighted by atomic mass is 31.2. The van der Waals surface area contributed by atoms with Crippen LogP contribution in [0.25, 0.3) is 0 Å². The molecule has 0 amide bonds. The second-order valence-electron chi connectivity index (χ2n) is 6.98. The molecule has 25 heavy (non-hydrogen) atoms. The molecule has 1 atom stereocenters. The third-order valence-corrected chi connectivity index (χ3v) is 5.13. The van der Waals surface area contributed by atoms with Crippen LogP contribution in [0.3, 0.4) is 0 Å². The Morgan fingerprint density at radius 3 is 2.16 bits per heavy atom. The normalized spacial score (nSPS) is 13.8. The number of aliphatic carboxylic acids is 2. The molecule has 8 heteroatoms. The van der Waals surface area contributed by atoms with Gasteiger partial charge in [-0.05, 0) is 29.5 Å². The minimum absolute atomic E-state index is 0.00813. The molecule has 0 saturated heterocycles. The summed E-state index contributed by atoms with van der Waals surface area (Å²) >= 11 is 0. The predicted molar refractivity (Wildman–Crippen MR) is 97.5 cm³/mol. The third kappa shape index (κ3) is 7.73. The van der Waals surface area contributed by atoms with E-state index in [9.17, 15) is 19.4 Å². The second-order valence-corrected chi connectivity index (χ2v) is 9.15. The molecule has 7 nitrogen and oxygen atoms in total. The Labute approximate surface area is 147 Å². The van der Waals surface area contributed by atoms with Crippen molar-refractivity contribution in [2.75, 3.05) is 6.16 Å². The summed E-state index contributed by atoms with van der Waals surface area (Å²) in [7, 11) is -3.69. The SMILES string of the molecule is CC(C)(C)c1ccc(N=C[P+](O)(O)CC(CCC(=O)O)C(=O)O)cc1. The number of benzene rings is 1. The van der Waals surface area contributed by atoms with Gasteiger partial charge in [0.15, 0.2) is 0 Å². The zero-order chi connectivity index (χ0) is 19.3. The van der Waals surface area contributed by atoms with Gasteiger partial charge in [-0.2, -0.15) is 0 Å². The fourth-order valence-corrected chi connectivity index (χ4v) is 3.57. The van der Waals surface area contributed by atoms with Gasteiger partial charge in [-0.3, -0.25) is 9.59 Å². The van der Waals surface area contributed by atoms with Crippen molar-refractivity contribution in [2.24, 2.45) is 10.9 Å². The molecule has 138 valence electrons. The van der Waals surface area contributed by atoms with E-state index >= 15 is 0 Å². The number of aliphatic imine (C=N–C) groups is 1. The van der Waals surface area contributed by atoms with E-state index in [2.05, 4.69) is 25.8 Å². The molecule has 0 spiro atoms. The number of carboxylic acid groups (broad SMARTS) is 2. The van der Waals surface area contributed by atoms with Crippen molar-refractivity contribution >= 4 is 31.3 Å². The Morgan fingerprint density at radius 1 is 1.16 bits per heavy atom. The number of carboxylic acids is 2. The lowest BCUT2D eigenvalue weighted by molar-refractivity contribution is -0.142. The lowest BCUT2D eigenvalue weighted by Gasteiger charge is -2.18. The molecule has 0 heterocycles. The van der Waals surface area contributed by atoms with Gasteiger partial charge < -0.3 is 10.2 Å². The predicted octanol–water partition coefficient (Wildman–Crippen LogP) is 3.04. The van der Waals surface area contributed by atoms with E-state index in [1.54, 1.807) is 12.1 Å². The zero-order valence-electron chi connectivity index (χ0n) is 14.6. The molecule has 0 fully saturated rings. The van der Waals surface area contributed by atoms with Crippen LogP contribution in [0.4, 0.5) is 5.69 Å². The van der Waals surface area contributed by atoms with Crippen molar-refractivity contribution in [3.05, 3.63) is 29.8 Å². The first-order valence-electron chi connectivity index (χ1n) is 7.84. The van der Waals surface area contributed by atoms with Crippen LogP contribution in [-0.4, -0.2) is 44.1 Å². The number of carbonyl (C=O) groups is 2. The summed E-state index contributed by atoms with van der Waals surface area (Å²) in [5, 5.41) is 17.7. The summed E-state index contributed by atoms with van der Waals surface area (Å²) in [6, 6.07) is 7.29. The lowest BCUT2D eigenvalue weighted by atomic mass is 9.87. The largest absolute Gasteiger partial charge is 0.481 e. The van der Waals surface area contributed by atoms with Crippen LogP contribution >= 0.6 is 7.72 Å². The van der Waals surface area contributed by atoms with E-state index < -0.39 is 31.7 Å². The molecule has 0 radical (unpaired) electrons. The Bertz CT molecular complexity index is 634. The number of hydrogen-bond donors (Lipinski definition) is 4. The van der Waals surface area contributed by atoms with E-state index in [1.807, 2.05) is 12.1 Å². The fraction of sp³-hybridized carbons (Fsp3) is 0.471. The smallest absolute Gasteiger partial charge is 0.312 e. The average molecular weight is 370 g/mol. The first kappa shape index (κ1) is 21.2. The quantitative estimate of drug-likeness (QED) is 0.411. The molecule has 1 rings (SSSR count). The number of nitrogens with zero attached hydrogens (tertiary/aromatic N) is 1. The van der Waals surface area contributed by atoms with E-state index in [-0.39, 0.29) is 18.3 Å². The van der Waals surface area contributed by atoms with Crippen molar-refractivity contribution in [1.29, 1.82) is 0 Å². The van der Waals surface area contributed by atoms with Gasteiger partial charge in [0, 0.05) is 6.42 Å². The van der Waals surface area contributed by atoms with E-state index in [1.165, 1.54) is 0 Å². The molecule has 0 aliphatic rings. The van der Waals surface area contributed by atoms with Crippen LogP contribution in [0.15, 0.2) is 29.3 Å². The van der Waals surface area contributed by atoms with Gasteiger partial charge in [0.05, 0.1) is 11.6 Å². The van der Waals surface area contributed by atoms with Gasteiger partial charge >= 0.3 is 19.7 Å². The Hall–Kier alpha value is -1.82. The van der Waals surface area contributed by atoms with E-state index in [0.29, 0.717) is 5.69 Å². The molecule has 0 bridgehead atoms. The fourth-order valence-electron chi connectivity index (χ4n) is 2.17. The maximum Gasteiger partial charge on any atom is 0.312 e. The first-order chi connectivity index (χ1) is 11.4. The van der Waals surface area contributed by atoms with Crippen molar-refractivity contribution in [3.63, 3.8) is 0 Å². The highest BCUT2D eigenvalue weighted by molar-refractivity contribution is 7.79. The summed E-state index contributed by atoms with van der Waals surface area (Å²) in [6.45, 7) is 6.23. The van der Waals surface area contributed by atoms with Gasteiger partial charge in [-0.1, -0.05) is 32.9 Å². The maximum absolute atomic E-state index is 11.2. The van der Waals surface area contributed by atoms with Crippen molar-refractivity contribution in [2.45, 2.75) is 39.0 Å². The molecule has 0 saturated carbocycles. The van der Waals surface area contributed by atoms with Gasteiger partial charge in [0.25, 0.3) is 0 Å². The van der Waals surface area contributed by atoms with Crippen LogP contribution in [0, 0.1) is 5.92 Å². The topological polar surface area (TPSA) is 127 Å². The van der Waals surface area contributed by atoms with Gasteiger partial charge in [0.2, 0.25) is 5.96 Å². The molecule has 0 aliphatic carbocycles. The van der Waals surface area contributed by atoms with Gasteiger partial charge in [-0.25, -0.2) is 14.8 Å². The van der Waals surface area contributed by atoms with Crippen molar-refractivity contribution < 1.29 is 29.6 Å². The highest BCUT2D eigenvalue weighted by Gasteiger charge is 2.38. The van der Waals surface area contributed by atoms with Crippen LogP contribution in [0.5, 0.6) is 0 Å². The molecule has 0 aromatic heterocycles. The van der Waals surface area contributed by atoms with E-state index in [0.717, 1.165) is 11.5 Å². The van der Waals surface area contributed by atoms with Gasteiger partial charge in [-0.15, -0.1) is 0 Å². The first-order valence-corrected chi connectivity index (χ1v) is 9.79. The van der Waals surface area contributed by atoms with Crippen molar-refractivity contribution in [1.82, 2.24) is 0 Å². The van der Waals surface area contributed by atoms with Crippen molar-refractivity contribution in [3.8, 4) is 0 Å². The summed E-state index contributed by atoms with van der Waals surface area (Å²) in [4.78, 5) is 45.8. The third-order valence-electron chi connectivity index (χ3n) is 3.67. The molecule has 1 aromatic rings. The minimum Gasteiger partial charge on any atom is -0.481 e. The summed E-state index contributed by atoms with van der Waals surface area (Å²) < 4.78 is 0. The summed E-state index contributed by atoms with van der Waals surface area (Å²) in [5.74, 6) is -2.54. The zero-order valence-corrected chi connectivity index (χ0v) is 15.5. The lowest BCUT2D eigenvalue weighted by Crippen LogP contribution is -2.21. The summed E-state index contributed by atoms with van der Waals surface area (Å²) in [6.07, 6.45) is -0.941. The average Bonchev–Trinajstić information content (AvgIpc) is 2.48. The van der Waals surface area contributed by atoms with E-state index in [4.69, 9.17) is 10.2 Å². The molecular weight excluding hydrogens is 345 g/mol. The molecular formula is C17H25NO6P+. The maximum atomic E-state index is 11.2. The van der Waals surface area contributed by atoms with Gasteiger partial charge in [0.1, 0.15) is 6.16 Å². The minimum atomic E-state index is -3.69. The molecule has 4 N–H and O–H groups in total. The van der Waals surface area contributed by atoms with Crippen LogP contribution in [0.1, 0.15) is 39.2 Å². The van der Waals surface area contributed by atoms with Crippen LogP contribution in [-0.2, 0) is 15.0 Å². The number of rotatable bonds is 8. The molecule has 1 unspecified atom stereocenters. The number of hydrogen-bond acceptors (Lipinski definition) is 5. The Balaban J connectivity index is 2.79. The highest BCUT2D eigenvalue weighted by Crippen LogP contribution is 2.49. The standard InChI is InChI=1S/C17H24NO6P/c1-17(2,3)13-5-7-14(8-6-13)18-11-25(23,24)10-12(16(21)22)4-9-15(19)20/h5-8,11-12,23-24H,4,9-10H2,1-3H3,(H-,19,20,21,22)/p+1. The molecule has 0 aliphatic heterocycles. The van der Waals surface area contributed by atoms with Crippen LogP contribution < -0.4 is 0 Å². The molecule has 1 aromatic carbocycles. The van der Waals surface area contributed by atoms with Crippen LogP contribution in [0.2, 0.25) is 0 Å². The monoisotopic (exact) mass is 370 g/mol. The Morgan fingerprint density at radius 2 is 1.72 bits per heavy atom. The second kappa shape index (κ2) is 8.52. The summed E-state index contributed by atoms with van der Waals surface area (Å²) in [5.41, 5.74) is 1.63.